The first kappa shape index (κ1) is 9.40. The maximum absolute atomic E-state index is 10.4. The van der Waals surface area contributed by atoms with Crippen LogP contribution in [0, 0.1) is 0 Å². The summed E-state index contributed by atoms with van der Waals surface area (Å²) in [6, 6.07) is 0. The van der Waals surface area contributed by atoms with E-state index >= 15 is 0 Å². The van der Waals surface area contributed by atoms with E-state index in [1.54, 1.807) is 0 Å². The Morgan fingerprint density at radius 1 is 1.56 bits per heavy atom. The van der Waals surface area contributed by atoms with Crippen molar-refractivity contribution in [3.05, 3.63) is 0 Å². The SMILES string of the molecule is CC(C)(NCl)P(=O)(O)O. The summed E-state index contributed by atoms with van der Waals surface area (Å²) in [5.41, 5.74) is 0. The maximum atomic E-state index is 10.4. The number of nitrogens with one attached hydrogen (secondary N) is 1. The Kier molecular flexibility index (Phi) is 2.68. The predicted molar refractivity (Wildman–Crippen MR) is 35.1 cm³/mol. The van der Waals surface area contributed by atoms with Gasteiger partial charge in [-0.2, -0.15) is 0 Å². The molecule has 0 saturated heterocycles. The van der Waals surface area contributed by atoms with Crippen LogP contribution in [0.15, 0.2) is 0 Å². The molecule has 9 heavy (non-hydrogen) atoms. The highest BCUT2D eigenvalue weighted by atomic mass is 35.5. The quantitative estimate of drug-likeness (QED) is 0.424. The minimum absolute atomic E-state index is 1.32. The van der Waals surface area contributed by atoms with E-state index < -0.39 is 12.9 Å². The third-order valence-electron chi connectivity index (χ3n) is 0.959. The summed E-state index contributed by atoms with van der Waals surface area (Å²) in [4.78, 5) is 19.0. The Balaban J connectivity index is 4.34. The Morgan fingerprint density at radius 2 is 1.89 bits per heavy atom. The molecule has 0 rings (SSSR count). The second-order valence-corrected chi connectivity index (χ2v) is 4.59. The number of hydrogen-bond donors (Lipinski definition) is 3. The Labute approximate surface area is 58.5 Å². The zero-order valence-corrected chi connectivity index (χ0v) is 6.78. The minimum Gasteiger partial charge on any atom is -0.323 e. The van der Waals surface area contributed by atoms with E-state index in [0.29, 0.717) is 0 Å². The maximum Gasteiger partial charge on any atom is 0.346 e. The van der Waals surface area contributed by atoms with Gasteiger partial charge in [0, 0.05) is 0 Å². The lowest BCUT2D eigenvalue weighted by Gasteiger charge is -2.22. The van der Waals surface area contributed by atoms with Gasteiger partial charge in [0.25, 0.3) is 0 Å². The second kappa shape index (κ2) is 2.56. The fourth-order valence-electron chi connectivity index (χ4n) is 0.0550. The molecule has 0 aliphatic heterocycles. The van der Waals surface area contributed by atoms with Gasteiger partial charge in [-0.25, -0.2) is 4.84 Å². The van der Waals surface area contributed by atoms with Gasteiger partial charge in [0.1, 0.15) is 5.28 Å². The van der Waals surface area contributed by atoms with E-state index in [1.807, 2.05) is 4.84 Å². The lowest BCUT2D eigenvalue weighted by atomic mass is 10.4. The van der Waals surface area contributed by atoms with Gasteiger partial charge in [0.05, 0.1) is 0 Å². The van der Waals surface area contributed by atoms with Gasteiger partial charge in [-0.3, -0.25) is 4.57 Å². The van der Waals surface area contributed by atoms with Gasteiger partial charge in [0.15, 0.2) is 0 Å². The predicted octanol–water partition coefficient (Wildman–Crippen LogP) is 0.644. The fourth-order valence-corrected chi connectivity index (χ4v) is 0.495. The number of hydrogen-bond acceptors (Lipinski definition) is 2. The van der Waals surface area contributed by atoms with Crippen molar-refractivity contribution in [2.75, 3.05) is 0 Å². The van der Waals surface area contributed by atoms with Crippen LogP contribution in [0.1, 0.15) is 13.8 Å². The van der Waals surface area contributed by atoms with Crippen molar-refractivity contribution in [3.63, 3.8) is 0 Å². The molecular weight excluding hydrogens is 164 g/mol. The lowest BCUT2D eigenvalue weighted by molar-refractivity contribution is 0.332. The molecule has 4 nitrogen and oxygen atoms in total. The van der Waals surface area contributed by atoms with Crippen molar-refractivity contribution in [1.82, 2.24) is 4.84 Å². The van der Waals surface area contributed by atoms with Crippen LogP contribution in [0.25, 0.3) is 0 Å². The summed E-state index contributed by atoms with van der Waals surface area (Å²) >= 11 is 5.04. The molecule has 0 saturated carbocycles. The summed E-state index contributed by atoms with van der Waals surface area (Å²) in [6.07, 6.45) is 0. The van der Waals surface area contributed by atoms with Crippen LogP contribution in [-0.2, 0) is 4.57 Å². The van der Waals surface area contributed by atoms with Crippen LogP contribution < -0.4 is 4.84 Å². The molecule has 0 aliphatic carbocycles. The van der Waals surface area contributed by atoms with Crippen molar-refractivity contribution >= 4 is 19.4 Å². The zero-order valence-electron chi connectivity index (χ0n) is 5.13. The first-order valence-electron chi connectivity index (χ1n) is 2.25. The van der Waals surface area contributed by atoms with E-state index in [2.05, 4.69) is 0 Å². The standard InChI is InChI=1S/C3H9ClNO3P/c1-3(2,5-4)9(6,7)8/h5H,1-2H3,(H2,6,7,8). The van der Waals surface area contributed by atoms with Gasteiger partial charge < -0.3 is 9.79 Å². The van der Waals surface area contributed by atoms with Crippen LogP contribution in [0.2, 0.25) is 0 Å². The average molecular weight is 174 g/mol. The molecule has 6 heteroatoms. The van der Waals surface area contributed by atoms with Crippen molar-refractivity contribution in [3.8, 4) is 0 Å². The van der Waals surface area contributed by atoms with Gasteiger partial charge in [-0.05, 0) is 25.6 Å². The smallest absolute Gasteiger partial charge is 0.323 e. The topological polar surface area (TPSA) is 69.6 Å². The third-order valence-corrected chi connectivity index (χ3v) is 3.13. The summed E-state index contributed by atoms with van der Waals surface area (Å²) in [5, 5.41) is -1.34. The van der Waals surface area contributed by atoms with Crippen molar-refractivity contribution < 1.29 is 14.4 Å². The Morgan fingerprint density at radius 3 is 1.89 bits per heavy atom. The first-order valence-corrected chi connectivity index (χ1v) is 4.24. The Bertz CT molecular complexity index is 142. The summed E-state index contributed by atoms with van der Waals surface area (Å²) in [5.74, 6) is 0. The molecule has 0 bridgehead atoms. The van der Waals surface area contributed by atoms with Crippen molar-refractivity contribution in [2.24, 2.45) is 0 Å². The highest BCUT2D eigenvalue weighted by Crippen LogP contribution is 2.48. The summed E-state index contributed by atoms with van der Waals surface area (Å²) in [6.45, 7) is 2.64. The molecular formula is C3H9ClNO3P. The molecule has 0 unspecified atom stereocenters. The van der Waals surface area contributed by atoms with E-state index in [-0.39, 0.29) is 0 Å². The van der Waals surface area contributed by atoms with Crippen LogP contribution in [0.5, 0.6) is 0 Å². The van der Waals surface area contributed by atoms with E-state index in [0.717, 1.165) is 0 Å². The normalized spacial score (nSPS) is 13.9. The monoisotopic (exact) mass is 173 g/mol. The highest BCUT2D eigenvalue weighted by Gasteiger charge is 2.36. The molecule has 3 N–H and O–H groups in total. The summed E-state index contributed by atoms with van der Waals surface area (Å²) < 4.78 is 10.4. The molecule has 0 spiro atoms. The molecule has 0 fully saturated rings. The van der Waals surface area contributed by atoms with Crippen molar-refractivity contribution in [2.45, 2.75) is 19.1 Å². The van der Waals surface area contributed by atoms with Crippen LogP contribution in [0.3, 0.4) is 0 Å². The van der Waals surface area contributed by atoms with Gasteiger partial charge in [-0.1, -0.05) is 0 Å². The zero-order chi connectivity index (χ0) is 7.71. The molecule has 0 radical (unpaired) electrons. The highest BCUT2D eigenvalue weighted by molar-refractivity contribution is 7.53. The summed E-state index contributed by atoms with van der Waals surface area (Å²) in [7, 11) is -4.11. The van der Waals surface area contributed by atoms with Crippen molar-refractivity contribution in [1.29, 1.82) is 0 Å². The van der Waals surface area contributed by atoms with E-state index in [4.69, 9.17) is 21.6 Å². The Hall–Kier alpha value is 0.400. The largest absolute Gasteiger partial charge is 0.346 e. The molecule has 0 amide bonds. The molecule has 0 aromatic rings. The number of rotatable bonds is 2. The molecule has 0 aromatic carbocycles. The van der Waals surface area contributed by atoms with Crippen LogP contribution in [-0.4, -0.2) is 15.1 Å². The molecule has 56 valence electrons. The second-order valence-electron chi connectivity index (χ2n) is 2.20. The van der Waals surface area contributed by atoms with E-state index in [1.165, 1.54) is 13.8 Å². The average Bonchev–Trinajstić information content (AvgIpc) is 1.64. The lowest BCUT2D eigenvalue weighted by Crippen LogP contribution is -2.31. The third kappa shape index (κ3) is 2.24. The van der Waals surface area contributed by atoms with Crippen LogP contribution >= 0.6 is 19.4 Å². The number of halogens is 1. The fraction of sp³-hybridized carbons (Fsp3) is 1.00. The van der Waals surface area contributed by atoms with Gasteiger partial charge in [-0.15, -0.1) is 0 Å². The molecule has 0 aromatic heterocycles. The van der Waals surface area contributed by atoms with E-state index in [9.17, 15) is 4.57 Å². The minimum atomic E-state index is -4.11. The molecule has 0 heterocycles. The van der Waals surface area contributed by atoms with Crippen LogP contribution in [0.4, 0.5) is 0 Å². The van der Waals surface area contributed by atoms with Gasteiger partial charge in [0.2, 0.25) is 0 Å². The van der Waals surface area contributed by atoms with Gasteiger partial charge >= 0.3 is 7.60 Å². The molecule has 0 atom stereocenters. The first-order chi connectivity index (χ1) is 3.81. The molecule has 0 aliphatic rings.